The van der Waals surface area contributed by atoms with Crippen LogP contribution < -0.4 is 5.32 Å². The average molecular weight is 664 g/mol. The van der Waals surface area contributed by atoms with Crippen molar-refractivity contribution in [2.24, 2.45) is 0 Å². The van der Waals surface area contributed by atoms with E-state index >= 15 is 0 Å². The quantitative estimate of drug-likeness (QED) is 0.155. The lowest BCUT2D eigenvalue weighted by atomic mass is 10.1. The Bertz CT molecular complexity index is 1870. The standard InChI is InChI=1S/C33H35N7O2.C5H10O2/c1-33(2,3)42-32(41)40-19-5-7-28(40)31-36-24-15-12-22(20-27(24)38-31)9-8-21-10-13-23(14-11-21)29-25(16-17-34)37-30(39-29)26-6-4-18-35-26;1-5(2,3)7-4-6/h10-15,20,26,28,35H,4-7,16,18-19H2,1-3H3,(H,36,38)(H,37,39);4H,1-3H3/t26-,28-;/m0./s1. The van der Waals surface area contributed by atoms with Crippen LogP contribution in [0.25, 0.3) is 22.3 Å². The number of aromatic nitrogens is 4. The van der Waals surface area contributed by atoms with Gasteiger partial charge in [0.15, 0.2) is 0 Å². The van der Waals surface area contributed by atoms with Gasteiger partial charge in [-0.1, -0.05) is 24.0 Å². The van der Waals surface area contributed by atoms with E-state index in [4.69, 9.17) is 14.7 Å². The summed E-state index contributed by atoms with van der Waals surface area (Å²) in [7, 11) is 0. The van der Waals surface area contributed by atoms with E-state index < -0.39 is 5.60 Å². The first-order valence-corrected chi connectivity index (χ1v) is 16.8. The monoisotopic (exact) mass is 663 g/mol. The Labute approximate surface area is 287 Å². The molecule has 0 saturated carbocycles. The average Bonchev–Trinajstić information content (AvgIpc) is 3.85. The summed E-state index contributed by atoms with van der Waals surface area (Å²) in [5.74, 6) is 8.19. The SMILES string of the molecule is CC(C)(C)OC(=O)N1CCC[C@H]1c1nc2ccc(C#Cc3ccc(-c4nc([C@@H]5CCCN5)[nH]c4CC#N)cc3)cc2[nH]1.CC(C)(C)OC=O. The van der Waals surface area contributed by atoms with Crippen molar-refractivity contribution in [3.63, 3.8) is 0 Å². The number of ether oxygens (including phenoxy) is 2. The lowest BCUT2D eigenvalue weighted by Crippen LogP contribution is -2.36. The molecule has 49 heavy (non-hydrogen) atoms. The second-order valence-electron chi connectivity index (χ2n) is 14.3. The molecule has 2 aliphatic heterocycles. The summed E-state index contributed by atoms with van der Waals surface area (Å²) in [6.45, 7) is 13.2. The van der Waals surface area contributed by atoms with Gasteiger partial charge in [-0.2, -0.15) is 5.26 Å². The van der Waals surface area contributed by atoms with E-state index in [1.165, 1.54) is 0 Å². The number of imidazole rings is 2. The van der Waals surface area contributed by atoms with Crippen LogP contribution >= 0.6 is 0 Å². The molecule has 6 rings (SSSR count). The number of amides is 1. The summed E-state index contributed by atoms with van der Waals surface area (Å²) >= 11 is 0. The first-order valence-electron chi connectivity index (χ1n) is 16.8. The predicted molar refractivity (Wildman–Crippen MR) is 187 cm³/mol. The van der Waals surface area contributed by atoms with Crippen LogP contribution in [0.5, 0.6) is 0 Å². The molecule has 4 heterocycles. The molecule has 11 heteroatoms. The molecule has 0 spiro atoms. The van der Waals surface area contributed by atoms with Crippen molar-refractivity contribution >= 4 is 23.6 Å². The van der Waals surface area contributed by atoms with Gasteiger partial charge in [-0.05, 0) is 104 Å². The Balaban J connectivity index is 0.000000606. The molecule has 2 aliphatic rings. The number of carbonyl (C=O) groups excluding carboxylic acids is 2. The fraction of sp³-hybridized carbons (Fsp3) is 0.447. The maximum atomic E-state index is 12.8. The molecule has 4 aromatic rings. The molecule has 256 valence electrons. The third kappa shape index (κ3) is 9.27. The summed E-state index contributed by atoms with van der Waals surface area (Å²) in [4.78, 5) is 40.6. The zero-order valence-corrected chi connectivity index (χ0v) is 29.1. The zero-order chi connectivity index (χ0) is 35.2. The molecular weight excluding hydrogens is 618 g/mol. The van der Waals surface area contributed by atoms with Crippen molar-refractivity contribution in [3.05, 3.63) is 70.9 Å². The van der Waals surface area contributed by atoms with Crippen molar-refractivity contribution in [2.75, 3.05) is 13.1 Å². The molecule has 0 radical (unpaired) electrons. The number of H-pyrrole nitrogens is 2. The molecule has 3 N–H and O–H groups in total. The largest absolute Gasteiger partial charge is 0.462 e. The van der Waals surface area contributed by atoms with E-state index in [9.17, 15) is 14.9 Å². The second kappa shape index (κ2) is 15.0. The minimum absolute atomic E-state index is 0.131. The summed E-state index contributed by atoms with van der Waals surface area (Å²) in [5, 5.41) is 12.8. The van der Waals surface area contributed by atoms with Crippen LogP contribution in [0.2, 0.25) is 0 Å². The van der Waals surface area contributed by atoms with Gasteiger partial charge < -0.3 is 24.8 Å². The topological polar surface area (TPSA) is 149 Å². The van der Waals surface area contributed by atoms with Crippen LogP contribution in [0.1, 0.15) is 108 Å². The number of carbonyl (C=O) groups is 2. The van der Waals surface area contributed by atoms with Crippen LogP contribution in [-0.4, -0.2) is 61.7 Å². The van der Waals surface area contributed by atoms with Gasteiger partial charge in [-0.3, -0.25) is 9.69 Å². The molecule has 0 aliphatic carbocycles. The van der Waals surface area contributed by atoms with Crippen molar-refractivity contribution in [3.8, 4) is 29.2 Å². The Kier molecular flexibility index (Phi) is 10.7. The van der Waals surface area contributed by atoms with E-state index in [2.05, 4.69) is 37.9 Å². The van der Waals surface area contributed by atoms with Crippen molar-refractivity contribution < 1.29 is 19.1 Å². The summed E-state index contributed by atoms with van der Waals surface area (Å²) in [5.41, 5.74) is 5.27. The zero-order valence-electron chi connectivity index (χ0n) is 29.1. The molecule has 1 amide bonds. The van der Waals surface area contributed by atoms with Crippen LogP contribution in [0.15, 0.2) is 42.5 Å². The predicted octanol–water partition coefficient (Wildman–Crippen LogP) is 6.87. The van der Waals surface area contributed by atoms with Crippen molar-refractivity contribution in [1.29, 1.82) is 5.26 Å². The number of nitrogens with one attached hydrogen (secondary N) is 3. The minimum atomic E-state index is -0.540. The van der Waals surface area contributed by atoms with E-state index in [0.29, 0.717) is 13.0 Å². The van der Waals surface area contributed by atoms with Gasteiger partial charge >= 0.3 is 6.09 Å². The van der Waals surface area contributed by atoms with Gasteiger partial charge in [-0.25, -0.2) is 14.8 Å². The highest BCUT2D eigenvalue weighted by Crippen LogP contribution is 2.33. The van der Waals surface area contributed by atoms with Gasteiger partial charge in [0.2, 0.25) is 0 Å². The number of benzene rings is 2. The first kappa shape index (κ1) is 35.2. The maximum Gasteiger partial charge on any atom is 0.410 e. The highest BCUT2D eigenvalue weighted by molar-refractivity contribution is 5.77. The lowest BCUT2D eigenvalue weighted by Gasteiger charge is -2.27. The molecule has 11 nitrogen and oxygen atoms in total. The van der Waals surface area contributed by atoms with E-state index in [1.54, 1.807) is 4.90 Å². The van der Waals surface area contributed by atoms with Gasteiger partial charge in [0.25, 0.3) is 6.47 Å². The Morgan fingerprint density at radius 2 is 1.69 bits per heavy atom. The van der Waals surface area contributed by atoms with E-state index in [-0.39, 0.29) is 30.2 Å². The molecule has 2 aromatic heterocycles. The van der Waals surface area contributed by atoms with Crippen LogP contribution in [0.4, 0.5) is 4.79 Å². The Morgan fingerprint density at radius 1 is 0.959 bits per heavy atom. The number of likely N-dealkylation sites (tertiary alicyclic amines) is 1. The van der Waals surface area contributed by atoms with Crippen molar-refractivity contribution in [1.82, 2.24) is 30.2 Å². The minimum Gasteiger partial charge on any atom is -0.462 e. The number of rotatable bonds is 5. The summed E-state index contributed by atoms with van der Waals surface area (Å²) in [6, 6.07) is 16.2. The molecule has 0 bridgehead atoms. The summed E-state index contributed by atoms with van der Waals surface area (Å²) in [6.07, 6.45) is 3.91. The number of fused-ring (bicyclic) bond motifs is 1. The molecule has 2 saturated heterocycles. The fourth-order valence-corrected chi connectivity index (χ4v) is 5.81. The second-order valence-corrected chi connectivity index (χ2v) is 14.3. The first-order chi connectivity index (χ1) is 23.3. The number of hydrogen-bond donors (Lipinski definition) is 3. The third-order valence-corrected chi connectivity index (χ3v) is 8.05. The Hall–Kier alpha value is -5.13. The lowest BCUT2D eigenvalue weighted by molar-refractivity contribution is -0.138. The number of nitrogens with zero attached hydrogens (tertiary/aromatic N) is 4. The van der Waals surface area contributed by atoms with Crippen LogP contribution in [0, 0.1) is 23.2 Å². The molecule has 2 fully saturated rings. The van der Waals surface area contributed by atoms with Crippen LogP contribution in [0.3, 0.4) is 0 Å². The highest BCUT2D eigenvalue weighted by Gasteiger charge is 2.35. The number of nitriles is 1. The summed E-state index contributed by atoms with van der Waals surface area (Å²) < 4.78 is 10.2. The third-order valence-electron chi connectivity index (χ3n) is 8.05. The van der Waals surface area contributed by atoms with Crippen molar-refractivity contribution in [2.45, 2.75) is 96.9 Å². The fourth-order valence-electron chi connectivity index (χ4n) is 5.81. The Morgan fingerprint density at radius 3 is 2.33 bits per heavy atom. The van der Waals surface area contributed by atoms with Gasteiger partial charge in [-0.15, -0.1) is 0 Å². The molecule has 0 unspecified atom stereocenters. The molecule has 2 aromatic carbocycles. The maximum absolute atomic E-state index is 12.8. The highest BCUT2D eigenvalue weighted by atomic mass is 16.6. The van der Waals surface area contributed by atoms with E-state index in [0.717, 1.165) is 83.0 Å². The van der Waals surface area contributed by atoms with Gasteiger partial charge in [0.05, 0.1) is 47.0 Å². The van der Waals surface area contributed by atoms with E-state index in [1.807, 2.05) is 84.0 Å². The van der Waals surface area contributed by atoms with Gasteiger partial charge in [0, 0.05) is 23.2 Å². The normalized spacial score (nSPS) is 17.4. The molecular formula is C38H45N7O4. The number of aromatic amines is 2. The smallest absolute Gasteiger partial charge is 0.410 e. The molecule has 2 atom stereocenters. The van der Waals surface area contributed by atoms with Gasteiger partial charge in [0.1, 0.15) is 22.9 Å². The van der Waals surface area contributed by atoms with Crippen LogP contribution in [-0.2, 0) is 20.7 Å². The number of hydrogen-bond acceptors (Lipinski definition) is 8.